The number of benzene rings is 3. The molecule has 0 saturated heterocycles. The highest BCUT2D eigenvalue weighted by Gasteiger charge is 2.44. The first-order valence-corrected chi connectivity index (χ1v) is 12.3. The van der Waals surface area contributed by atoms with Crippen LogP contribution in [0.4, 0.5) is 0 Å². The summed E-state index contributed by atoms with van der Waals surface area (Å²) in [7, 11) is 0. The van der Waals surface area contributed by atoms with Crippen LogP contribution in [0.15, 0.2) is 95.1 Å². The number of hydrogen-bond acceptors (Lipinski definition) is 5. The monoisotopic (exact) mass is 499 g/mol. The van der Waals surface area contributed by atoms with E-state index in [2.05, 4.69) is 0 Å². The lowest BCUT2D eigenvalue weighted by atomic mass is 9.69. The third kappa shape index (κ3) is 4.84. The maximum absolute atomic E-state index is 13.6. The van der Waals surface area contributed by atoms with Gasteiger partial charge in [-0.05, 0) is 60.2 Å². The molecular weight excluding hydrogens is 474 g/mol. The quantitative estimate of drug-likeness (QED) is 0.414. The van der Waals surface area contributed by atoms with Crippen molar-refractivity contribution in [3.05, 3.63) is 112 Å². The minimum absolute atomic E-state index is 0.0172. The number of halogens is 1. The Morgan fingerprint density at radius 3 is 2.47 bits per heavy atom. The number of aliphatic imine (C=N–C) groups is 1. The molecule has 0 amide bonds. The van der Waals surface area contributed by atoms with E-state index in [1.165, 1.54) is 0 Å². The molecule has 2 aliphatic rings. The molecule has 1 aliphatic heterocycles. The Morgan fingerprint density at radius 2 is 1.75 bits per heavy atom. The molecule has 5 nitrogen and oxygen atoms in total. The summed E-state index contributed by atoms with van der Waals surface area (Å²) in [5.41, 5.74) is 4.44. The van der Waals surface area contributed by atoms with E-state index in [0.29, 0.717) is 40.4 Å². The molecule has 1 unspecified atom stereocenters. The molecule has 0 saturated carbocycles. The second-order valence-corrected chi connectivity index (χ2v) is 9.77. The lowest BCUT2D eigenvalue weighted by Crippen LogP contribution is -2.38. The highest BCUT2D eigenvalue weighted by molar-refractivity contribution is 6.30. The fourth-order valence-electron chi connectivity index (χ4n) is 5.23. The summed E-state index contributed by atoms with van der Waals surface area (Å²) < 4.78 is 5.71. The number of Topliss-reactive ketones (excluding diaryl/α,β-unsaturated/α-hetero) is 1. The maximum Gasteiger partial charge on any atom is 0.315 e. The Labute approximate surface area is 215 Å². The Hall–Kier alpha value is -3.70. The number of allylic oxidation sites excluding steroid dienone is 2. The summed E-state index contributed by atoms with van der Waals surface area (Å²) in [6.07, 6.45) is 0.900. The van der Waals surface area contributed by atoms with Gasteiger partial charge in [-0.1, -0.05) is 66.2 Å². The molecule has 0 radical (unpaired) electrons. The second-order valence-electron chi connectivity index (χ2n) is 9.34. The number of carbonyl (C=O) groups is 2. The van der Waals surface area contributed by atoms with Crippen LogP contribution in [0.2, 0.25) is 5.02 Å². The normalized spacial score (nSPS) is 21.6. The van der Waals surface area contributed by atoms with Gasteiger partial charge in [-0.15, -0.1) is 0 Å². The highest BCUT2D eigenvalue weighted by atomic mass is 35.5. The molecule has 0 spiro atoms. The van der Waals surface area contributed by atoms with E-state index in [0.717, 1.165) is 11.1 Å². The van der Waals surface area contributed by atoms with Crippen molar-refractivity contribution in [1.82, 2.24) is 0 Å². The van der Waals surface area contributed by atoms with Crippen LogP contribution in [0.3, 0.4) is 0 Å². The number of phenolic OH excluding ortho intramolecular Hbond substituents is 1. The SMILES string of the molecule is CC1=NC2=C(C(=O)C[C@@H](c3ccc(Cl)cc3)C2)[C@H](c2cccc(O)c2)C1C(=O)OCc1ccccc1. The Kier molecular flexibility index (Phi) is 6.75. The van der Waals surface area contributed by atoms with Crippen LogP contribution < -0.4 is 0 Å². The molecule has 1 heterocycles. The second kappa shape index (κ2) is 10.1. The zero-order valence-electron chi connectivity index (χ0n) is 19.9. The van der Waals surface area contributed by atoms with Crippen molar-refractivity contribution in [3.63, 3.8) is 0 Å². The van der Waals surface area contributed by atoms with Gasteiger partial charge >= 0.3 is 5.97 Å². The van der Waals surface area contributed by atoms with E-state index >= 15 is 0 Å². The van der Waals surface area contributed by atoms with Crippen LogP contribution in [-0.4, -0.2) is 22.6 Å². The van der Waals surface area contributed by atoms with E-state index in [9.17, 15) is 14.7 Å². The van der Waals surface area contributed by atoms with Crippen molar-refractivity contribution < 1.29 is 19.4 Å². The third-order valence-corrected chi connectivity index (χ3v) is 7.19. The minimum Gasteiger partial charge on any atom is -0.508 e. The van der Waals surface area contributed by atoms with Crippen molar-refractivity contribution in [1.29, 1.82) is 0 Å². The molecule has 36 heavy (non-hydrogen) atoms. The molecule has 6 heteroatoms. The van der Waals surface area contributed by atoms with Gasteiger partial charge in [0.1, 0.15) is 18.3 Å². The van der Waals surface area contributed by atoms with Crippen molar-refractivity contribution in [3.8, 4) is 5.75 Å². The average molecular weight is 500 g/mol. The van der Waals surface area contributed by atoms with Gasteiger partial charge in [-0.3, -0.25) is 14.6 Å². The third-order valence-electron chi connectivity index (χ3n) is 6.94. The molecule has 0 aromatic heterocycles. The zero-order chi connectivity index (χ0) is 25.2. The number of nitrogens with zero attached hydrogens (tertiary/aromatic N) is 1. The van der Waals surface area contributed by atoms with E-state index < -0.39 is 17.8 Å². The summed E-state index contributed by atoms with van der Waals surface area (Å²) >= 11 is 6.06. The number of rotatable bonds is 5. The first-order chi connectivity index (χ1) is 17.4. The van der Waals surface area contributed by atoms with Crippen LogP contribution in [-0.2, 0) is 20.9 Å². The molecule has 3 aromatic carbocycles. The molecule has 182 valence electrons. The van der Waals surface area contributed by atoms with E-state index in [1.807, 2.05) is 67.6 Å². The summed E-state index contributed by atoms with van der Waals surface area (Å²) in [5.74, 6) is -1.75. The number of carbonyl (C=O) groups excluding carboxylic acids is 2. The summed E-state index contributed by atoms with van der Waals surface area (Å²) in [4.78, 5) is 31.9. The lowest BCUT2D eigenvalue weighted by molar-refractivity contribution is -0.148. The van der Waals surface area contributed by atoms with Gasteiger partial charge in [-0.25, -0.2) is 0 Å². The smallest absolute Gasteiger partial charge is 0.315 e. The molecule has 5 rings (SSSR count). The minimum atomic E-state index is -0.759. The predicted octanol–water partition coefficient (Wildman–Crippen LogP) is 6.36. The Bertz CT molecular complexity index is 1360. The average Bonchev–Trinajstić information content (AvgIpc) is 2.87. The number of phenols is 1. The summed E-state index contributed by atoms with van der Waals surface area (Å²) in [6.45, 7) is 1.94. The molecule has 1 N–H and O–H groups in total. The Morgan fingerprint density at radius 1 is 1.00 bits per heavy atom. The first kappa shape index (κ1) is 24.0. The Balaban J connectivity index is 1.51. The van der Waals surface area contributed by atoms with Gasteiger partial charge in [0.2, 0.25) is 0 Å². The van der Waals surface area contributed by atoms with Crippen molar-refractivity contribution >= 4 is 29.1 Å². The zero-order valence-corrected chi connectivity index (χ0v) is 20.6. The van der Waals surface area contributed by atoms with Gasteiger partial charge in [0.05, 0.1) is 0 Å². The molecule has 0 bridgehead atoms. The van der Waals surface area contributed by atoms with Gasteiger partial charge in [0.25, 0.3) is 0 Å². The molecule has 3 aromatic rings. The maximum atomic E-state index is 13.6. The molecular formula is C30H26ClNO4. The first-order valence-electron chi connectivity index (χ1n) is 12.0. The number of hydrogen-bond donors (Lipinski definition) is 1. The molecule has 0 fully saturated rings. The van der Waals surface area contributed by atoms with Gasteiger partial charge in [0, 0.05) is 34.3 Å². The lowest BCUT2D eigenvalue weighted by Gasteiger charge is -2.36. The highest BCUT2D eigenvalue weighted by Crippen LogP contribution is 2.47. The molecule has 3 atom stereocenters. The van der Waals surface area contributed by atoms with Gasteiger partial charge < -0.3 is 9.84 Å². The van der Waals surface area contributed by atoms with Crippen molar-refractivity contribution in [2.45, 2.75) is 38.2 Å². The van der Waals surface area contributed by atoms with Crippen LogP contribution in [0.1, 0.15) is 48.3 Å². The number of ether oxygens (including phenoxy) is 1. The number of esters is 1. The fraction of sp³-hybridized carbons (Fsp3) is 0.233. The van der Waals surface area contributed by atoms with E-state index in [1.54, 1.807) is 18.2 Å². The van der Waals surface area contributed by atoms with Crippen LogP contribution in [0, 0.1) is 5.92 Å². The van der Waals surface area contributed by atoms with Crippen molar-refractivity contribution in [2.24, 2.45) is 10.9 Å². The standard InChI is InChI=1S/C30H26ClNO4/c1-18-27(30(35)36-17-19-6-3-2-4-7-19)28(21-8-5-9-24(33)14-21)29-25(32-18)15-22(16-26(29)34)20-10-12-23(31)13-11-20/h2-14,22,27-28,33H,15-17H2,1H3/t22-,27?,28+/m0/s1. The topological polar surface area (TPSA) is 76.0 Å². The number of aromatic hydroxyl groups is 1. The summed E-state index contributed by atoms with van der Waals surface area (Å²) in [6, 6.07) is 23.8. The fourth-order valence-corrected chi connectivity index (χ4v) is 5.36. The van der Waals surface area contributed by atoms with Crippen molar-refractivity contribution in [2.75, 3.05) is 0 Å². The van der Waals surface area contributed by atoms with E-state index in [4.69, 9.17) is 21.3 Å². The van der Waals surface area contributed by atoms with Crippen LogP contribution in [0.25, 0.3) is 0 Å². The predicted molar refractivity (Wildman–Crippen MR) is 139 cm³/mol. The largest absolute Gasteiger partial charge is 0.508 e. The molecule has 1 aliphatic carbocycles. The van der Waals surface area contributed by atoms with Crippen LogP contribution >= 0.6 is 11.6 Å². The number of ketones is 1. The van der Waals surface area contributed by atoms with Crippen LogP contribution in [0.5, 0.6) is 5.75 Å². The van der Waals surface area contributed by atoms with Gasteiger partial charge in [0.15, 0.2) is 5.78 Å². The van der Waals surface area contributed by atoms with Gasteiger partial charge in [-0.2, -0.15) is 0 Å². The summed E-state index contributed by atoms with van der Waals surface area (Å²) in [5, 5.41) is 10.8. The van der Waals surface area contributed by atoms with E-state index in [-0.39, 0.29) is 24.1 Å².